The predicted octanol–water partition coefficient (Wildman–Crippen LogP) is 1.43. The monoisotopic (exact) mass is 217 g/mol. The number of pyridine rings is 1. The van der Waals surface area contributed by atoms with Crippen molar-refractivity contribution >= 4 is 12.6 Å². The Balaban J connectivity index is 2.49. The van der Waals surface area contributed by atoms with Crippen molar-refractivity contribution in [2.45, 2.75) is 11.7 Å². The summed E-state index contributed by atoms with van der Waals surface area (Å²) >= 11 is 5.05. The van der Waals surface area contributed by atoms with Crippen LogP contribution in [0.3, 0.4) is 0 Å². The van der Waals surface area contributed by atoms with Crippen LogP contribution >= 0.6 is 0 Å². The molecule has 0 radical (unpaired) electrons. The summed E-state index contributed by atoms with van der Waals surface area (Å²) in [6.45, 7) is 4.26. The van der Waals surface area contributed by atoms with Crippen LogP contribution in [0.25, 0.3) is 11.5 Å². The van der Waals surface area contributed by atoms with Crippen molar-refractivity contribution in [2.24, 2.45) is 0 Å². The quantitative estimate of drug-likeness (QED) is 0.576. The van der Waals surface area contributed by atoms with E-state index >= 15 is 0 Å². The Bertz CT molecular complexity index is 464. The summed E-state index contributed by atoms with van der Waals surface area (Å²) in [5.41, 5.74) is 0.767. The van der Waals surface area contributed by atoms with Crippen molar-refractivity contribution in [2.75, 3.05) is 0 Å². The molecular weight excluding hydrogens is 208 g/mol. The number of nitrogens with zero attached hydrogens (tertiary/aromatic N) is 4. The zero-order valence-electron chi connectivity index (χ0n) is 8.00. The van der Waals surface area contributed by atoms with Crippen LogP contribution in [0.15, 0.2) is 42.2 Å². The van der Waals surface area contributed by atoms with Crippen LogP contribution in [-0.4, -0.2) is 19.7 Å². The molecule has 0 fully saturated rings. The number of hydrogen-bond acceptors (Lipinski definition) is 4. The third kappa shape index (κ3) is 1.87. The summed E-state index contributed by atoms with van der Waals surface area (Å²) < 4.78 is 1.80. The van der Waals surface area contributed by atoms with Gasteiger partial charge in [-0.1, -0.05) is 12.1 Å². The van der Waals surface area contributed by atoms with E-state index in [0.717, 1.165) is 5.69 Å². The van der Waals surface area contributed by atoms with Crippen LogP contribution in [0.4, 0.5) is 0 Å². The standard InChI is InChI=1S/C10H10N4S/c1-2-7-14-9(12-13-10(14)15)8-5-3-4-6-11-8/h2-6H,1,7H2,(H,13,15)/p-1. The molecule has 0 aliphatic carbocycles. The van der Waals surface area contributed by atoms with Gasteiger partial charge in [0.2, 0.25) is 0 Å². The van der Waals surface area contributed by atoms with Gasteiger partial charge in [0.15, 0.2) is 5.82 Å². The number of rotatable bonds is 3. The normalized spacial score (nSPS) is 10.1. The summed E-state index contributed by atoms with van der Waals surface area (Å²) in [5, 5.41) is 8.31. The summed E-state index contributed by atoms with van der Waals surface area (Å²) in [6, 6.07) is 5.63. The molecule has 2 heterocycles. The van der Waals surface area contributed by atoms with Crippen molar-refractivity contribution in [1.29, 1.82) is 0 Å². The molecule has 0 aliphatic heterocycles. The van der Waals surface area contributed by atoms with Gasteiger partial charge < -0.3 is 17.2 Å². The third-order valence-corrected chi connectivity index (χ3v) is 2.22. The van der Waals surface area contributed by atoms with E-state index < -0.39 is 0 Å². The fourth-order valence-corrected chi connectivity index (χ4v) is 1.47. The van der Waals surface area contributed by atoms with Crippen LogP contribution in [0.2, 0.25) is 0 Å². The molecule has 0 aromatic carbocycles. The zero-order valence-corrected chi connectivity index (χ0v) is 8.81. The van der Waals surface area contributed by atoms with E-state index in [2.05, 4.69) is 21.8 Å². The van der Waals surface area contributed by atoms with E-state index in [1.807, 2.05) is 18.2 Å². The lowest BCUT2D eigenvalue weighted by Crippen LogP contribution is -2.01. The molecule has 0 amide bonds. The van der Waals surface area contributed by atoms with Gasteiger partial charge in [-0.2, -0.15) is 5.10 Å². The lowest BCUT2D eigenvalue weighted by Gasteiger charge is -2.09. The molecule has 2 aromatic heterocycles. The van der Waals surface area contributed by atoms with Crippen molar-refractivity contribution < 1.29 is 0 Å². The van der Waals surface area contributed by atoms with Gasteiger partial charge in [-0.05, 0) is 12.1 Å². The van der Waals surface area contributed by atoms with Crippen molar-refractivity contribution in [3.05, 3.63) is 37.1 Å². The van der Waals surface area contributed by atoms with Crippen LogP contribution in [0.1, 0.15) is 0 Å². The Kier molecular flexibility index (Phi) is 2.73. The van der Waals surface area contributed by atoms with Crippen LogP contribution in [0.5, 0.6) is 0 Å². The van der Waals surface area contributed by atoms with E-state index in [1.54, 1.807) is 16.8 Å². The lowest BCUT2D eigenvalue weighted by molar-refractivity contribution is 0.732. The maximum atomic E-state index is 5.05. The van der Waals surface area contributed by atoms with Crippen LogP contribution < -0.4 is 0 Å². The molecule has 0 aliphatic rings. The Morgan fingerprint density at radius 3 is 2.93 bits per heavy atom. The Hall–Kier alpha value is -1.75. The van der Waals surface area contributed by atoms with Gasteiger partial charge >= 0.3 is 0 Å². The van der Waals surface area contributed by atoms with Crippen LogP contribution in [0, 0.1) is 0 Å². The molecule has 0 N–H and O–H groups in total. The summed E-state index contributed by atoms with van der Waals surface area (Å²) in [6.07, 6.45) is 3.47. The van der Waals surface area contributed by atoms with E-state index in [0.29, 0.717) is 17.5 Å². The van der Waals surface area contributed by atoms with E-state index in [4.69, 9.17) is 12.6 Å². The minimum absolute atomic E-state index is 0.454. The maximum absolute atomic E-state index is 5.05. The molecule has 0 spiro atoms. The molecule has 0 saturated heterocycles. The van der Waals surface area contributed by atoms with E-state index in [9.17, 15) is 0 Å². The second kappa shape index (κ2) is 4.18. The second-order valence-electron chi connectivity index (χ2n) is 2.92. The fraction of sp³-hybridized carbons (Fsp3) is 0.100. The molecule has 15 heavy (non-hydrogen) atoms. The molecule has 0 bridgehead atoms. The highest BCUT2D eigenvalue weighted by Crippen LogP contribution is 2.14. The van der Waals surface area contributed by atoms with Gasteiger partial charge in [-0.15, -0.1) is 11.7 Å². The van der Waals surface area contributed by atoms with E-state index in [1.165, 1.54) is 0 Å². The summed E-state index contributed by atoms with van der Waals surface area (Å²) in [4.78, 5) is 4.20. The molecule has 4 nitrogen and oxygen atoms in total. The second-order valence-corrected chi connectivity index (χ2v) is 3.29. The first-order chi connectivity index (χ1) is 7.33. The van der Waals surface area contributed by atoms with Crippen molar-refractivity contribution in [1.82, 2.24) is 19.7 Å². The van der Waals surface area contributed by atoms with Crippen molar-refractivity contribution in [3.8, 4) is 11.5 Å². The molecule has 2 aromatic rings. The first-order valence-electron chi connectivity index (χ1n) is 4.45. The topological polar surface area (TPSA) is 43.6 Å². The van der Waals surface area contributed by atoms with Gasteiger partial charge in [-0.25, -0.2) is 0 Å². The highest BCUT2D eigenvalue weighted by atomic mass is 32.1. The minimum atomic E-state index is 0.454. The number of allylic oxidation sites excluding steroid dienone is 1. The van der Waals surface area contributed by atoms with E-state index in [-0.39, 0.29) is 0 Å². The van der Waals surface area contributed by atoms with Gasteiger partial charge in [0.05, 0.1) is 0 Å². The average molecular weight is 217 g/mol. The molecular formula is C10H9N4S-. The molecule has 76 valence electrons. The van der Waals surface area contributed by atoms with Gasteiger partial charge in [0.25, 0.3) is 0 Å². The SMILES string of the molecule is C=CCn1c([S-])nnc1-c1ccccn1. The Morgan fingerprint density at radius 1 is 1.40 bits per heavy atom. The average Bonchev–Trinajstić information content (AvgIpc) is 2.63. The minimum Gasteiger partial charge on any atom is -0.740 e. The van der Waals surface area contributed by atoms with Gasteiger partial charge in [0, 0.05) is 17.9 Å². The third-order valence-electron chi connectivity index (χ3n) is 1.92. The summed E-state index contributed by atoms with van der Waals surface area (Å²) in [7, 11) is 0. The zero-order chi connectivity index (χ0) is 10.7. The van der Waals surface area contributed by atoms with Gasteiger partial charge in [-0.3, -0.25) is 4.98 Å². The molecule has 5 heteroatoms. The Morgan fingerprint density at radius 2 is 2.27 bits per heavy atom. The summed E-state index contributed by atoms with van der Waals surface area (Å²) in [5.74, 6) is 0.681. The first kappa shape index (κ1) is 9.79. The molecule has 0 atom stereocenters. The molecule has 0 unspecified atom stereocenters. The molecule has 2 rings (SSSR count). The fourth-order valence-electron chi connectivity index (χ4n) is 1.27. The number of hydrogen-bond donors (Lipinski definition) is 0. The first-order valence-corrected chi connectivity index (χ1v) is 4.86. The Labute approximate surface area is 93.1 Å². The highest BCUT2D eigenvalue weighted by molar-refractivity contribution is 7.58. The van der Waals surface area contributed by atoms with Gasteiger partial charge in [0.1, 0.15) is 5.69 Å². The predicted molar refractivity (Wildman–Crippen MR) is 59.1 cm³/mol. The maximum Gasteiger partial charge on any atom is 0.181 e. The number of aromatic nitrogens is 4. The smallest absolute Gasteiger partial charge is 0.181 e. The lowest BCUT2D eigenvalue weighted by atomic mass is 10.3. The highest BCUT2D eigenvalue weighted by Gasteiger charge is 2.06. The van der Waals surface area contributed by atoms with Crippen molar-refractivity contribution in [3.63, 3.8) is 0 Å². The van der Waals surface area contributed by atoms with Crippen LogP contribution in [-0.2, 0) is 19.2 Å². The largest absolute Gasteiger partial charge is 0.740 e. The molecule has 0 saturated carbocycles.